The summed E-state index contributed by atoms with van der Waals surface area (Å²) in [6.45, 7) is 1.72. The number of carbonyl (C=O) groups is 2. The normalized spacial score (nSPS) is 15.8. The Morgan fingerprint density at radius 3 is 2.81 bits per heavy atom. The number of amides is 2. The maximum absolute atomic E-state index is 11.8. The van der Waals surface area contributed by atoms with E-state index in [0.29, 0.717) is 17.3 Å². The molecule has 2 rings (SSSR count). The van der Waals surface area contributed by atoms with Crippen LogP contribution in [0.15, 0.2) is 29.6 Å². The first-order valence-corrected chi connectivity index (χ1v) is 7.18. The lowest BCUT2D eigenvalue weighted by atomic mass is 10.2. The van der Waals surface area contributed by atoms with Gasteiger partial charge in [0.05, 0.1) is 12.0 Å². The van der Waals surface area contributed by atoms with E-state index in [2.05, 4.69) is 20.8 Å². The average Bonchev–Trinajstić information content (AvgIpc) is 2.98. The Morgan fingerprint density at radius 2 is 2.14 bits per heavy atom. The average molecular weight is 288 g/mol. The lowest BCUT2D eigenvalue weighted by molar-refractivity contribution is -0.120. The highest BCUT2D eigenvalue weighted by Crippen LogP contribution is 2.17. The highest BCUT2D eigenvalue weighted by molar-refractivity contribution is 6.01. The van der Waals surface area contributed by atoms with E-state index >= 15 is 0 Å². The molecule has 1 fully saturated rings. The third-order valence-corrected chi connectivity index (χ3v) is 3.41. The molecule has 1 aromatic heterocycles. The minimum Gasteiger partial charge on any atom is -0.353 e. The largest absolute Gasteiger partial charge is 0.353 e. The van der Waals surface area contributed by atoms with E-state index in [9.17, 15) is 9.59 Å². The minimum absolute atomic E-state index is 0.0428. The zero-order valence-corrected chi connectivity index (χ0v) is 12.1. The Labute approximate surface area is 124 Å². The van der Waals surface area contributed by atoms with Crippen LogP contribution in [0.3, 0.4) is 0 Å². The molecule has 2 N–H and O–H groups in total. The Hall–Kier alpha value is -2.24. The van der Waals surface area contributed by atoms with E-state index in [-0.39, 0.29) is 18.2 Å². The van der Waals surface area contributed by atoms with Crippen molar-refractivity contribution in [3.8, 4) is 0 Å². The SMILES string of the molecule is CC(CC(=O)NC1CCCC1)=NNC(=O)c1cccnc1. The Kier molecular flexibility index (Phi) is 5.43. The quantitative estimate of drug-likeness (QED) is 0.638. The van der Waals surface area contributed by atoms with Gasteiger partial charge >= 0.3 is 0 Å². The fourth-order valence-electron chi connectivity index (χ4n) is 2.33. The maximum Gasteiger partial charge on any atom is 0.272 e. The number of aromatic nitrogens is 1. The van der Waals surface area contributed by atoms with Crippen LogP contribution < -0.4 is 10.7 Å². The second-order valence-electron chi connectivity index (χ2n) is 5.26. The van der Waals surface area contributed by atoms with E-state index < -0.39 is 0 Å². The summed E-state index contributed by atoms with van der Waals surface area (Å²) in [5, 5.41) is 6.93. The van der Waals surface area contributed by atoms with E-state index in [1.807, 2.05) is 0 Å². The molecule has 0 aliphatic heterocycles. The number of nitrogens with zero attached hydrogens (tertiary/aromatic N) is 2. The van der Waals surface area contributed by atoms with Gasteiger partial charge in [-0.2, -0.15) is 5.10 Å². The maximum atomic E-state index is 11.8. The third-order valence-electron chi connectivity index (χ3n) is 3.41. The molecule has 2 amide bonds. The van der Waals surface area contributed by atoms with Gasteiger partial charge in [-0.15, -0.1) is 0 Å². The van der Waals surface area contributed by atoms with Gasteiger partial charge in [-0.25, -0.2) is 5.43 Å². The van der Waals surface area contributed by atoms with Gasteiger partial charge in [0.25, 0.3) is 5.91 Å². The van der Waals surface area contributed by atoms with Crippen molar-refractivity contribution < 1.29 is 9.59 Å². The predicted molar refractivity (Wildman–Crippen MR) is 79.8 cm³/mol. The first-order chi connectivity index (χ1) is 10.1. The van der Waals surface area contributed by atoms with Crippen LogP contribution in [0.2, 0.25) is 0 Å². The molecule has 0 aromatic carbocycles. The number of rotatable bonds is 5. The highest BCUT2D eigenvalue weighted by Gasteiger charge is 2.17. The fourth-order valence-corrected chi connectivity index (χ4v) is 2.33. The fraction of sp³-hybridized carbons (Fsp3) is 0.467. The molecule has 1 aliphatic rings. The molecule has 1 saturated carbocycles. The summed E-state index contributed by atoms with van der Waals surface area (Å²) in [6, 6.07) is 3.64. The van der Waals surface area contributed by atoms with Crippen molar-refractivity contribution in [3.05, 3.63) is 30.1 Å². The molecule has 0 bridgehead atoms. The van der Waals surface area contributed by atoms with Crippen LogP contribution in [0.1, 0.15) is 49.4 Å². The van der Waals surface area contributed by atoms with Gasteiger partial charge in [-0.3, -0.25) is 14.6 Å². The zero-order valence-electron chi connectivity index (χ0n) is 12.1. The predicted octanol–water partition coefficient (Wildman–Crippen LogP) is 1.64. The van der Waals surface area contributed by atoms with Crippen LogP contribution in [0, 0.1) is 0 Å². The van der Waals surface area contributed by atoms with Crippen LogP contribution >= 0.6 is 0 Å². The highest BCUT2D eigenvalue weighted by atomic mass is 16.2. The van der Waals surface area contributed by atoms with Gasteiger partial charge in [0.1, 0.15) is 0 Å². The third kappa shape index (κ3) is 4.98. The molecule has 0 radical (unpaired) electrons. The molecule has 6 heteroatoms. The van der Waals surface area contributed by atoms with Gasteiger partial charge in [0.15, 0.2) is 0 Å². The van der Waals surface area contributed by atoms with Crippen LogP contribution in [-0.4, -0.2) is 28.6 Å². The Bertz CT molecular complexity index is 522. The van der Waals surface area contributed by atoms with Crippen molar-refractivity contribution in [1.82, 2.24) is 15.7 Å². The van der Waals surface area contributed by atoms with E-state index in [4.69, 9.17) is 0 Å². The molecule has 6 nitrogen and oxygen atoms in total. The molecule has 1 aliphatic carbocycles. The zero-order chi connectivity index (χ0) is 15.1. The van der Waals surface area contributed by atoms with E-state index in [1.165, 1.54) is 19.0 Å². The summed E-state index contributed by atoms with van der Waals surface area (Å²) in [7, 11) is 0. The molecular formula is C15H20N4O2. The number of pyridine rings is 1. The summed E-state index contributed by atoms with van der Waals surface area (Å²) in [5.74, 6) is -0.377. The number of hydrogen-bond acceptors (Lipinski definition) is 4. The van der Waals surface area contributed by atoms with Crippen molar-refractivity contribution in [2.45, 2.75) is 45.1 Å². The molecular weight excluding hydrogens is 268 g/mol. The van der Waals surface area contributed by atoms with Gasteiger partial charge < -0.3 is 5.32 Å². The molecule has 0 atom stereocenters. The van der Waals surface area contributed by atoms with Crippen LogP contribution in [0.4, 0.5) is 0 Å². The molecule has 1 heterocycles. The van der Waals surface area contributed by atoms with Crippen molar-refractivity contribution >= 4 is 17.5 Å². The number of hydrogen-bond donors (Lipinski definition) is 2. The second-order valence-corrected chi connectivity index (χ2v) is 5.26. The van der Waals surface area contributed by atoms with Gasteiger partial charge in [-0.05, 0) is 31.9 Å². The monoisotopic (exact) mass is 288 g/mol. The standard InChI is InChI=1S/C15H20N4O2/c1-11(9-14(20)17-13-6-2-3-7-13)18-19-15(21)12-5-4-8-16-10-12/h4-5,8,10,13H,2-3,6-7,9H2,1H3,(H,17,20)(H,19,21). The number of carbonyl (C=O) groups excluding carboxylic acids is 2. The molecule has 1 aromatic rings. The van der Waals surface area contributed by atoms with Crippen molar-refractivity contribution in [2.75, 3.05) is 0 Å². The van der Waals surface area contributed by atoms with Gasteiger partial charge in [0.2, 0.25) is 5.91 Å². The first kappa shape index (κ1) is 15.2. The Morgan fingerprint density at radius 1 is 1.38 bits per heavy atom. The lowest BCUT2D eigenvalue weighted by Crippen LogP contribution is -2.33. The van der Waals surface area contributed by atoms with Crippen molar-refractivity contribution in [3.63, 3.8) is 0 Å². The lowest BCUT2D eigenvalue weighted by Gasteiger charge is -2.11. The summed E-state index contributed by atoms with van der Waals surface area (Å²) in [6.07, 6.45) is 7.73. The van der Waals surface area contributed by atoms with E-state index in [1.54, 1.807) is 25.3 Å². The minimum atomic E-state index is -0.335. The molecule has 0 saturated heterocycles. The van der Waals surface area contributed by atoms with Crippen LogP contribution in [-0.2, 0) is 4.79 Å². The van der Waals surface area contributed by atoms with Crippen LogP contribution in [0.5, 0.6) is 0 Å². The summed E-state index contributed by atoms with van der Waals surface area (Å²) >= 11 is 0. The van der Waals surface area contributed by atoms with Gasteiger partial charge in [0, 0.05) is 24.1 Å². The molecule has 21 heavy (non-hydrogen) atoms. The number of nitrogens with one attached hydrogen (secondary N) is 2. The number of hydrazone groups is 1. The first-order valence-electron chi connectivity index (χ1n) is 7.18. The molecule has 0 spiro atoms. The smallest absolute Gasteiger partial charge is 0.272 e. The summed E-state index contributed by atoms with van der Waals surface area (Å²) in [5.41, 5.74) is 3.43. The van der Waals surface area contributed by atoms with Crippen molar-refractivity contribution in [2.24, 2.45) is 5.10 Å². The van der Waals surface area contributed by atoms with Crippen LogP contribution in [0.25, 0.3) is 0 Å². The van der Waals surface area contributed by atoms with Gasteiger partial charge in [-0.1, -0.05) is 12.8 Å². The summed E-state index contributed by atoms with van der Waals surface area (Å²) < 4.78 is 0. The molecule has 112 valence electrons. The molecule has 0 unspecified atom stereocenters. The van der Waals surface area contributed by atoms with Crippen molar-refractivity contribution in [1.29, 1.82) is 0 Å². The summed E-state index contributed by atoms with van der Waals surface area (Å²) in [4.78, 5) is 27.4. The Balaban J connectivity index is 1.78. The van der Waals surface area contributed by atoms with E-state index in [0.717, 1.165) is 12.8 Å². The topological polar surface area (TPSA) is 83.5 Å². The second kappa shape index (κ2) is 7.52.